The highest BCUT2D eigenvalue weighted by atomic mass is 79.9. The molecule has 0 aromatic heterocycles. The molecule has 6 nitrogen and oxygen atoms in total. The number of carbonyl (C=O) groups excluding carboxylic acids is 3. The molecular weight excluding hydrogens is 594 g/mol. The smallest absolute Gasteiger partial charge is 0.293 e. The summed E-state index contributed by atoms with van der Waals surface area (Å²) in [6.07, 6.45) is 1.55. The summed E-state index contributed by atoms with van der Waals surface area (Å²) in [5, 5.41) is 2.88. The van der Waals surface area contributed by atoms with Crippen molar-refractivity contribution in [3.8, 4) is 5.75 Å². The number of carbonyl (C=O) groups is 3. The first-order valence-corrected chi connectivity index (χ1v) is 12.7. The SMILES string of the molecule is O=C(COc1ccc(/C=C2\SC(=O)N(Cc3c(F)cccc3Cl)C2=O)cc1Br)Nc1ccc(Cl)cc1. The summed E-state index contributed by atoms with van der Waals surface area (Å²) in [7, 11) is 0. The molecule has 1 aliphatic rings. The maximum absolute atomic E-state index is 14.1. The standard InChI is InChI=1S/C25H16BrCl2FN2O4S/c26-18-10-14(4-9-21(18)35-13-23(32)30-16-7-5-15(27)6-8-16)11-22-24(33)31(25(34)36-22)12-17-19(28)2-1-3-20(17)29/h1-11H,12-13H2,(H,30,32)/b22-11-. The van der Waals surface area contributed by atoms with Crippen LogP contribution in [-0.2, 0) is 16.1 Å². The van der Waals surface area contributed by atoms with Crippen molar-refractivity contribution >= 4 is 79.7 Å². The third-order valence-electron chi connectivity index (χ3n) is 4.99. The maximum Gasteiger partial charge on any atom is 0.293 e. The average molecular weight is 610 g/mol. The number of amides is 3. The number of ether oxygens (including phenoxy) is 1. The van der Waals surface area contributed by atoms with Crippen LogP contribution in [0.2, 0.25) is 10.0 Å². The normalized spacial score (nSPS) is 14.4. The van der Waals surface area contributed by atoms with Gasteiger partial charge in [-0.25, -0.2) is 4.39 Å². The maximum atomic E-state index is 14.1. The van der Waals surface area contributed by atoms with Crippen molar-refractivity contribution < 1.29 is 23.5 Å². The minimum atomic E-state index is -0.591. The number of halogens is 4. The first kappa shape index (κ1) is 26.2. The van der Waals surface area contributed by atoms with E-state index in [-0.39, 0.29) is 34.6 Å². The highest BCUT2D eigenvalue weighted by Gasteiger charge is 2.35. The lowest BCUT2D eigenvalue weighted by molar-refractivity contribution is -0.123. The number of anilines is 1. The van der Waals surface area contributed by atoms with Gasteiger partial charge in [0.1, 0.15) is 11.6 Å². The number of imide groups is 1. The summed E-state index contributed by atoms with van der Waals surface area (Å²) in [5.74, 6) is -1.07. The minimum absolute atomic E-state index is 0.0760. The Kier molecular flexibility index (Phi) is 8.35. The van der Waals surface area contributed by atoms with Crippen LogP contribution in [0.5, 0.6) is 5.75 Å². The zero-order chi connectivity index (χ0) is 25.8. The molecule has 3 amide bonds. The molecule has 0 saturated carbocycles. The summed E-state index contributed by atoms with van der Waals surface area (Å²) in [6.45, 7) is -0.486. The molecule has 3 aromatic carbocycles. The first-order valence-electron chi connectivity index (χ1n) is 10.4. The highest BCUT2D eigenvalue weighted by Crippen LogP contribution is 2.35. The predicted octanol–water partition coefficient (Wildman–Crippen LogP) is 7.15. The molecule has 0 spiro atoms. The van der Waals surface area contributed by atoms with Crippen LogP contribution in [-0.4, -0.2) is 28.6 Å². The third kappa shape index (κ3) is 6.28. The van der Waals surface area contributed by atoms with Gasteiger partial charge < -0.3 is 10.1 Å². The Morgan fingerprint density at radius 2 is 1.86 bits per heavy atom. The molecule has 0 bridgehead atoms. The van der Waals surface area contributed by atoms with E-state index in [0.29, 0.717) is 26.5 Å². The number of thioether (sulfide) groups is 1. The van der Waals surface area contributed by atoms with Crippen LogP contribution < -0.4 is 10.1 Å². The lowest BCUT2D eigenvalue weighted by atomic mass is 10.2. The predicted molar refractivity (Wildman–Crippen MR) is 143 cm³/mol. The van der Waals surface area contributed by atoms with Gasteiger partial charge in [0.05, 0.1) is 15.9 Å². The number of benzene rings is 3. The number of nitrogens with one attached hydrogen (secondary N) is 1. The van der Waals surface area contributed by atoms with Gasteiger partial charge in [0.15, 0.2) is 6.61 Å². The molecule has 1 saturated heterocycles. The second kappa shape index (κ2) is 11.5. The van der Waals surface area contributed by atoms with Crippen LogP contribution in [0.25, 0.3) is 6.08 Å². The second-order valence-corrected chi connectivity index (χ2v) is 10.2. The van der Waals surface area contributed by atoms with Gasteiger partial charge in [-0.1, -0.05) is 35.3 Å². The molecule has 36 heavy (non-hydrogen) atoms. The van der Waals surface area contributed by atoms with Gasteiger partial charge in [-0.15, -0.1) is 0 Å². The van der Waals surface area contributed by atoms with Crippen molar-refractivity contribution in [1.82, 2.24) is 4.90 Å². The van der Waals surface area contributed by atoms with Crippen molar-refractivity contribution in [2.45, 2.75) is 6.54 Å². The van der Waals surface area contributed by atoms with Gasteiger partial charge in [0.25, 0.3) is 17.1 Å². The van der Waals surface area contributed by atoms with Crippen molar-refractivity contribution in [1.29, 1.82) is 0 Å². The van der Waals surface area contributed by atoms with Crippen molar-refractivity contribution in [2.75, 3.05) is 11.9 Å². The van der Waals surface area contributed by atoms with Crippen molar-refractivity contribution in [3.63, 3.8) is 0 Å². The Balaban J connectivity index is 1.40. The van der Waals surface area contributed by atoms with Crippen LogP contribution in [0.1, 0.15) is 11.1 Å². The van der Waals surface area contributed by atoms with Crippen LogP contribution in [0.15, 0.2) is 70.0 Å². The molecule has 184 valence electrons. The van der Waals surface area contributed by atoms with Gasteiger partial charge in [-0.2, -0.15) is 0 Å². The topological polar surface area (TPSA) is 75.7 Å². The van der Waals surface area contributed by atoms with Gasteiger partial charge in [-0.3, -0.25) is 19.3 Å². The molecule has 0 aliphatic carbocycles. The zero-order valence-electron chi connectivity index (χ0n) is 18.3. The number of hydrogen-bond acceptors (Lipinski definition) is 5. The van der Waals surface area contributed by atoms with Crippen molar-refractivity contribution in [3.05, 3.63) is 97.0 Å². The Bertz CT molecular complexity index is 1360. The fraction of sp³-hybridized carbons (Fsp3) is 0.0800. The van der Waals surface area contributed by atoms with Gasteiger partial charge >= 0.3 is 0 Å². The van der Waals surface area contributed by atoms with E-state index in [9.17, 15) is 18.8 Å². The Labute approximate surface area is 228 Å². The summed E-state index contributed by atoms with van der Waals surface area (Å²) in [5.41, 5.74) is 1.29. The highest BCUT2D eigenvalue weighted by molar-refractivity contribution is 9.10. The number of hydrogen-bond donors (Lipinski definition) is 1. The molecule has 1 heterocycles. The lowest BCUT2D eigenvalue weighted by Gasteiger charge is -2.14. The quantitative estimate of drug-likeness (QED) is 0.288. The summed E-state index contributed by atoms with van der Waals surface area (Å²) in [4.78, 5) is 38.5. The van der Waals surface area contributed by atoms with E-state index in [1.54, 1.807) is 48.5 Å². The van der Waals surface area contributed by atoms with Crippen LogP contribution in [0, 0.1) is 5.82 Å². The first-order chi connectivity index (χ1) is 17.2. The Morgan fingerprint density at radius 1 is 1.11 bits per heavy atom. The molecule has 1 aliphatic heterocycles. The molecular formula is C25H16BrCl2FN2O4S. The summed E-state index contributed by atoms with van der Waals surface area (Å²) < 4.78 is 20.2. The zero-order valence-corrected chi connectivity index (χ0v) is 22.2. The molecule has 1 N–H and O–H groups in total. The number of rotatable bonds is 7. The molecule has 0 atom stereocenters. The molecule has 11 heteroatoms. The van der Waals surface area contributed by atoms with Gasteiger partial charge in [0, 0.05) is 21.3 Å². The van der Waals surface area contributed by atoms with E-state index in [0.717, 1.165) is 16.7 Å². The third-order valence-corrected chi connectivity index (χ3v) is 7.13. The number of nitrogens with zero attached hydrogens (tertiary/aromatic N) is 1. The van der Waals surface area contributed by atoms with E-state index in [4.69, 9.17) is 27.9 Å². The molecule has 3 aromatic rings. The molecule has 0 unspecified atom stereocenters. The Hall–Kier alpha value is -2.85. The molecule has 0 radical (unpaired) electrons. The van der Waals surface area contributed by atoms with E-state index in [1.165, 1.54) is 18.2 Å². The fourth-order valence-electron chi connectivity index (χ4n) is 3.23. The van der Waals surface area contributed by atoms with Crippen LogP contribution in [0.4, 0.5) is 14.9 Å². The van der Waals surface area contributed by atoms with E-state index in [1.807, 2.05) is 0 Å². The Morgan fingerprint density at radius 3 is 2.56 bits per heavy atom. The molecule has 4 rings (SSSR count). The second-order valence-electron chi connectivity index (χ2n) is 7.50. The van der Waals surface area contributed by atoms with E-state index in [2.05, 4.69) is 21.2 Å². The van der Waals surface area contributed by atoms with E-state index < -0.39 is 17.0 Å². The monoisotopic (exact) mass is 608 g/mol. The van der Waals surface area contributed by atoms with E-state index >= 15 is 0 Å². The van der Waals surface area contributed by atoms with Crippen molar-refractivity contribution in [2.24, 2.45) is 0 Å². The molecule has 1 fully saturated rings. The van der Waals surface area contributed by atoms with Gasteiger partial charge in [0.2, 0.25) is 0 Å². The summed E-state index contributed by atoms with van der Waals surface area (Å²) in [6, 6.07) is 15.9. The summed E-state index contributed by atoms with van der Waals surface area (Å²) >= 11 is 16.0. The lowest BCUT2D eigenvalue weighted by Crippen LogP contribution is -2.28. The largest absolute Gasteiger partial charge is 0.483 e. The van der Waals surface area contributed by atoms with Crippen LogP contribution in [0.3, 0.4) is 0 Å². The van der Waals surface area contributed by atoms with Gasteiger partial charge in [-0.05, 0) is 87.9 Å². The van der Waals surface area contributed by atoms with Crippen LogP contribution >= 0.6 is 50.9 Å². The fourth-order valence-corrected chi connectivity index (χ4v) is 4.92. The average Bonchev–Trinajstić information content (AvgIpc) is 3.09. The minimum Gasteiger partial charge on any atom is -0.483 e.